The van der Waals surface area contributed by atoms with Crippen molar-refractivity contribution in [1.29, 1.82) is 0 Å². The number of carbonyl (C=O) groups excluding carboxylic acids is 1. The number of nitrogens with one attached hydrogen (secondary N) is 2. The third-order valence-corrected chi connectivity index (χ3v) is 13.0. The lowest BCUT2D eigenvalue weighted by atomic mass is 10.0. The van der Waals surface area contributed by atoms with Crippen LogP contribution in [-0.4, -0.2) is 108 Å². The Morgan fingerprint density at radius 3 is 2.25 bits per heavy atom. The summed E-state index contributed by atoms with van der Waals surface area (Å²) >= 11 is 3.58. The van der Waals surface area contributed by atoms with Crippen LogP contribution in [0.4, 0.5) is 33.6 Å². The monoisotopic (exact) mass is 853 g/mol. The van der Waals surface area contributed by atoms with E-state index >= 15 is 0 Å². The lowest BCUT2D eigenvalue weighted by molar-refractivity contribution is 0.0140. The van der Waals surface area contributed by atoms with E-state index in [1.807, 2.05) is 71.1 Å². The average Bonchev–Trinajstić information content (AvgIpc) is 3.62. The lowest BCUT2D eigenvalue weighted by Gasteiger charge is -2.43. The number of aromatic nitrogens is 4. The molecule has 2 fully saturated rings. The second-order valence-electron chi connectivity index (χ2n) is 15.1. The summed E-state index contributed by atoms with van der Waals surface area (Å²) in [5.41, 5.74) is 5.45. The van der Waals surface area contributed by atoms with E-state index in [1.54, 1.807) is 18.0 Å². The summed E-state index contributed by atoms with van der Waals surface area (Å²) < 4.78 is 38.4. The second-order valence-corrected chi connectivity index (χ2v) is 18.1. The number of anilines is 5. The fourth-order valence-corrected chi connectivity index (χ4v) is 9.05. The van der Waals surface area contributed by atoms with Crippen LogP contribution in [0.15, 0.2) is 47.3 Å². The van der Waals surface area contributed by atoms with E-state index in [9.17, 15) is 9.36 Å². The predicted octanol–water partition coefficient (Wildman–Crippen LogP) is 7.38. The Kier molecular flexibility index (Phi) is 12.7. The van der Waals surface area contributed by atoms with Gasteiger partial charge in [0, 0.05) is 102 Å². The van der Waals surface area contributed by atoms with E-state index in [0.717, 1.165) is 67.0 Å². The van der Waals surface area contributed by atoms with Crippen molar-refractivity contribution in [2.24, 2.45) is 7.05 Å². The van der Waals surface area contributed by atoms with Gasteiger partial charge in [-0.05, 0) is 86.6 Å². The fourth-order valence-electron chi connectivity index (χ4n) is 7.23. The number of hydrogen-bond donors (Lipinski definition) is 2. The highest BCUT2D eigenvalue weighted by Gasteiger charge is 2.33. The summed E-state index contributed by atoms with van der Waals surface area (Å²) in [6.45, 7) is 14.4. The van der Waals surface area contributed by atoms with E-state index < -0.39 is 13.2 Å². The van der Waals surface area contributed by atoms with Crippen molar-refractivity contribution in [2.75, 3.05) is 76.1 Å². The number of piperazine rings is 1. The number of nitrogens with zero attached hydrogens (tertiary/aromatic N) is 7. The predicted molar refractivity (Wildman–Crippen MR) is 223 cm³/mol. The molecule has 4 aromatic rings. The molecule has 4 heterocycles. The first kappa shape index (κ1) is 41.4. The third-order valence-electron chi connectivity index (χ3n) is 10.3. The van der Waals surface area contributed by atoms with E-state index in [-0.39, 0.29) is 6.09 Å². The molecule has 15 nitrogen and oxygen atoms in total. The molecule has 2 aromatic heterocycles. The molecular formula is C39H53BrN9O6P. The number of halogens is 1. The van der Waals surface area contributed by atoms with Crippen LogP contribution < -0.4 is 25.6 Å². The van der Waals surface area contributed by atoms with Crippen LogP contribution in [-0.2, 0) is 25.4 Å². The zero-order chi connectivity index (χ0) is 40.4. The summed E-state index contributed by atoms with van der Waals surface area (Å²) in [5, 5.41) is 11.6. The zero-order valence-electron chi connectivity index (χ0n) is 33.7. The normalized spacial score (nSPS) is 15.9. The van der Waals surface area contributed by atoms with Crippen molar-refractivity contribution in [2.45, 2.75) is 59.1 Å². The molecule has 302 valence electrons. The molecule has 0 aliphatic carbocycles. The van der Waals surface area contributed by atoms with Gasteiger partial charge in [-0.25, -0.2) is 9.78 Å². The Hall–Kier alpha value is -4.21. The number of carbonyl (C=O) groups is 1. The molecule has 1 amide bonds. The molecule has 56 heavy (non-hydrogen) atoms. The van der Waals surface area contributed by atoms with Crippen molar-refractivity contribution in [3.8, 4) is 16.9 Å². The third kappa shape index (κ3) is 9.15. The van der Waals surface area contributed by atoms with Crippen LogP contribution in [0.5, 0.6) is 5.75 Å². The first-order valence-electron chi connectivity index (χ1n) is 18.7. The van der Waals surface area contributed by atoms with Crippen LogP contribution in [0.1, 0.15) is 44.7 Å². The molecule has 0 spiro atoms. The van der Waals surface area contributed by atoms with Gasteiger partial charge in [-0.2, -0.15) is 10.1 Å². The molecule has 2 aliphatic rings. The van der Waals surface area contributed by atoms with Crippen molar-refractivity contribution in [3.63, 3.8) is 0 Å². The summed E-state index contributed by atoms with van der Waals surface area (Å²) in [4.78, 5) is 28.8. The summed E-state index contributed by atoms with van der Waals surface area (Å²) in [6, 6.07) is 8.31. The number of ether oxygens (including phenoxy) is 2. The van der Waals surface area contributed by atoms with Crippen molar-refractivity contribution >= 4 is 63.8 Å². The molecule has 0 unspecified atom stereocenters. The highest BCUT2D eigenvalue weighted by atomic mass is 79.9. The topological polar surface area (TPSA) is 148 Å². The minimum atomic E-state index is -3.62. The zero-order valence-corrected chi connectivity index (χ0v) is 36.2. The van der Waals surface area contributed by atoms with Gasteiger partial charge in [0.1, 0.15) is 17.2 Å². The first-order valence-corrected chi connectivity index (χ1v) is 21.0. The number of benzene rings is 2. The van der Waals surface area contributed by atoms with Crippen LogP contribution in [0.25, 0.3) is 11.1 Å². The molecule has 6 rings (SSSR count). The molecule has 0 atom stereocenters. The molecular weight excluding hydrogens is 801 g/mol. The van der Waals surface area contributed by atoms with Crippen LogP contribution in [0.2, 0.25) is 0 Å². The van der Waals surface area contributed by atoms with E-state index in [4.69, 9.17) is 23.5 Å². The molecule has 0 bridgehead atoms. The summed E-state index contributed by atoms with van der Waals surface area (Å²) in [6.07, 6.45) is 7.14. The van der Waals surface area contributed by atoms with Crippen LogP contribution in [0, 0.1) is 13.8 Å². The number of amides is 1. The summed E-state index contributed by atoms with van der Waals surface area (Å²) in [5.74, 6) is 1.39. The maximum absolute atomic E-state index is 13.7. The van der Waals surface area contributed by atoms with Gasteiger partial charge >= 0.3 is 13.7 Å². The van der Waals surface area contributed by atoms with Gasteiger partial charge in [-0.15, -0.1) is 0 Å². The minimum Gasteiger partial charge on any atom is -0.494 e. The molecule has 0 radical (unpaired) electrons. The highest BCUT2D eigenvalue weighted by molar-refractivity contribution is 9.10. The molecule has 2 N–H and O–H groups in total. The fraction of sp³-hybridized carbons (Fsp3) is 0.487. The molecule has 2 aliphatic heterocycles. The molecule has 17 heteroatoms. The first-order chi connectivity index (χ1) is 26.6. The maximum atomic E-state index is 13.7. The Morgan fingerprint density at radius 1 is 0.946 bits per heavy atom. The largest absolute Gasteiger partial charge is 0.494 e. The Balaban J connectivity index is 1.23. The molecule has 2 aromatic carbocycles. The number of rotatable bonds is 11. The Morgan fingerprint density at radius 2 is 1.64 bits per heavy atom. The van der Waals surface area contributed by atoms with Gasteiger partial charge < -0.3 is 39.0 Å². The number of likely N-dealkylation sites (tertiary alicyclic amines) is 1. The van der Waals surface area contributed by atoms with Crippen molar-refractivity contribution in [3.05, 3.63) is 58.5 Å². The van der Waals surface area contributed by atoms with E-state index in [2.05, 4.69) is 58.6 Å². The van der Waals surface area contributed by atoms with Crippen molar-refractivity contribution < 1.29 is 27.9 Å². The van der Waals surface area contributed by atoms with E-state index in [0.29, 0.717) is 57.8 Å². The number of aryl methyl sites for hydroxylation is 2. The number of hydrogen-bond acceptors (Lipinski definition) is 13. The Labute approximate surface area is 337 Å². The van der Waals surface area contributed by atoms with Crippen molar-refractivity contribution in [1.82, 2.24) is 29.5 Å². The smallest absolute Gasteiger partial charge is 0.410 e. The number of methoxy groups -OCH3 is 1. The van der Waals surface area contributed by atoms with Gasteiger partial charge in [0.25, 0.3) is 0 Å². The highest BCUT2D eigenvalue weighted by Crippen LogP contribution is 2.49. The van der Waals surface area contributed by atoms with E-state index in [1.165, 1.54) is 14.2 Å². The minimum absolute atomic E-state index is 0.228. The van der Waals surface area contributed by atoms with Gasteiger partial charge in [0.2, 0.25) is 5.95 Å². The van der Waals surface area contributed by atoms with Gasteiger partial charge in [-0.3, -0.25) is 14.1 Å². The van der Waals surface area contributed by atoms with Gasteiger partial charge in [-0.1, -0.05) is 6.07 Å². The van der Waals surface area contributed by atoms with Gasteiger partial charge in [0.15, 0.2) is 0 Å². The Bertz CT molecular complexity index is 2080. The molecule has 2 saturated heterocycles. The second kappa shape index (κ2) is 17.1. The number of piperidine rings is 1. The van der Waals surface area contributed by atoms with Gasteiger partial charge in [0.05, 0.1) is 34.5 Å². The maximum Gasteiger partial charge on any atom is 0.410 e. The molecule has 0 saturated carbocycles. The lowest BCUT2D eigenvalue weighted by Crippen LogP contribution is -2.54. The SMILES string of the molecule is COc1cc(N2CCN(C3CCN(C(=O)OC(C)(C)C)CC3)CC2)c(-c2cnn(C)c2)cc1Nc1ncc(Br)c(Nc2ccc(C)c(C)c2P(=O)(OC)OC)n1. The van der Waals surface area contributed by atoms with Crippen LogP contribution >= 0.6 is 23.5 Å². The average molecular weight is 855 g/mol. The summed E-state index contributed by atoms with van der Waals surface area (Å²) in [7, 11) is 2.68. The quantitative estimate of drug-likeness (QED) is 0.145. The standard InChI is InChI=1S/C39H53BrN9O6P/c1-25-10-11-31(35(26(25)2)56(51,53-8)54-9)43-36-30(40)23-41-37(45-36)44-32-20-29(27-22-42-46(6)24-27)33(21-34(32)52-7)48-18-16-47(17-19-48)28-12-14-49(15-13-28)38(50)55-39(3,4)5/h10-11,20-24,28H,12-19H2,1-9H3,(H2,41,43,44,45). The van der Waals surface area contributed by atoms with Crippen LogP contribution in [0.3, 0.4) is 0 Å².